The Bertz CT molecular complexity index is 1070. The van der Waals surface area contributed by atoms with Crippen LogP contribution in [0.25, 0.3) is 17.0 Å². The number of rotatable bonds is 7. The number of benzene rings is 2. The molecule has 0 unspecified atom stereocenters. The zero-order valence-corrected chi connectivity index (χ0v) is 16.8. The van der Waals surface area contributed by atoms with Crippen molar-refractivity contribution in [3.8, 4) is 0 Å². The highest BCUT2D eigenvalue weighted by atomic mass is 15.4. The summed E-state index contributed by atoms with van der Waals surface area (Å²) < 4.78 is 0. The van der Waals surface area contributed by atoms with Gasteiger partial charge in [-0.3, -0.25) is 0 Å². The lowest BCUT2D eigenvalue weighted by Gasteiger charge is -2.02. The largest absolute Gasteiger partial charge is 0.367 e. The number of nitrogens with zero attached hydrogens (tertiary/aromatic N) is 3. The van der Waals surface area contributed by atoms with E-state index >= 15 is 0 Å². The van der Waals surface area contributed by atoms with E-state index in [0.29, 0.717) is 0 Å². The minimum Gasteiger partial charge on any atom is -0.367 e. The monoisotopic (exact) mass is 386 g/mol. The van der Waals surface area contributed by atoms with Gasteiger partial charge in [-0.15, -0.1) is 5.10 Å². The summed E-state index contributed by atoms with van der Waals surface area (Å²) in [5.41, 5.74) is 13.9. The Hall–Kier alpha value is -3.67. The van der Waals surface area contributed by atoms with Crippen molar-refractivity contribution in [3.63, 3.8) is 0 Å². The molecule has 6 nitrogen and oxygen atoms in total. The van der Waals surface area contributed by atoms with Crippen LogP contribution in [0.15, 0.2) is 70.0 Å². The summed E-state index contributed by atoms with van der Waals surface area (Å²) in [5.74, 6) is 0.121. The summed E-state index contributed by atoms with van der Waals surface area (Å²) in [7, 11) is 0. The molecule has 0 bridgehead atoms. The van der Waals surface area contributed by atoms with E-state index in [-0.39, 0.29) is 5.96 Å². The second kappa shape index (κ2) is 10.0. The fourth-order valence-electron chi connectivity index (χ4n) is 2.80. The Morgan fingerprint density at radius 1 is 1.10 bits per heavy atom. The zero-order chi connectivity index (χ0) is 20.5. The number of nitrogens with one attached hydrogen (secondary N) is 2. The van der Waals surface area contributed by atoms with Crippen molar-refractivity contribution in [1.29, 1.82) is 0 Å². The first kappa shape index (κ1) is 20.1. The van der Waals surface area contributed by atoms with Gasteiger partial charge in [0.15, 0.2) is 0 Å². The van der Waals surface area contributed by atoms with E-state index in [1.165, 1.54) is 11.1 Å². The van der Waals surface area contributed by atoms with Gasteiger partial charge in [-0.1, -0.05) is 43.7 Å². The van der Waals surface area contributed by atoms with Gasteiger partial charge < -0.3 is 10.7 Å². The number of hydrazone groups is 1. The third-order valence-electron chi connectivity index (χ3n) is 4.40. The maximum Gasteiger partial charge on any atom is 0.234 e. The van der Waals surface area contributed by atoms with Crippen LogP contribution < -0.4 is 11.2 Å². The number of aromatic nitrogens is 1. The molecule has 3 rings (SSSR count). The highest BCUT2D eigenvalue weighted by Crippen LogP contribution is 2.13. The molecule has 2 aromatic carbocycles. The van der Waals surface area contributed by atoms with E-state index in [9.17, 15) is 0 Å². The fourth-order valence-corrected chi connectivity index (χ4v) is 2.80. The molecule has 4 N–H and O–H groups in total. The van der Waals surface area contributed by atoms with E-state index in [4.69, 9.17) is 5.73 Å². The predicted molar refractivity (Wildman–Crippen MR) is 123 cm³/mol. The van der Waals surface area contributed by atoms with Gasteiger partial charge in [0.25, 0.3) is 0 Å². The first-order valence-electron chi connectivity index (χ1n) is 9.65. The van der Waals surface area contributed by atoms with Crippen molar-refractivity contribution < 1.29 is 0 Å². The number of hydrogen-bond donors (Lipinski definition) is 3. The Morgan fingerprint density at radius 3 is 2.79 bits per heavy atom. The summed E-state index contributed by atoms with van der Waals surface area (Å²) >= 11 is 0. The van der Waals surface area contributed by atoms with E-state index in [1.54, 1.807) is 12.4 Å². The zero-order valence-electron chi connectivity index (χ0n) is 16.8. The quantitative estimate of drug-likeness (QED) is 0.315. The van der Waals surface area contributed by atoms with E-state index in [0.717, 1.165) is 34.9 Å². The van der Waals surface area contributed by atoms with Gasteiger partial charge in [0.2, 0.25) is 5.96 Å². The Labute approximate surface area is 170 Å². The van der Waals surface area contributed by atoms with Crippen LogP contribution in [-0.2, 0) is 0 Å². The van der Waals surface area contributed by atoms with Crippen molar-refractivity contribution in [2.75, 3.05) is 0 Å². The third-order valence-corrected chi connectivity index (χ3v) is 4.40. The number of guanidine groups is 1. The summed E-state index contributed by atoms with van der Waals surface area (Å²) in [6, 6.07) is 14.2. The minimum absolute atomic E-state index is 0.121. The number of fused-ring (bicyclic) bond motifs is 1. The molecule has 0 aliphatic heterocycles. The second-order valence-corrected chi connectivity index (χ2v) is 6.73. The molecule has 29 heavy (non-hydrogen) atoms. The molecular weight excluding hydrogens is 360 g/mol. The SMILES string of the molecule is CCC/C=C\c1cc(/C=N/N=C(N)N/N=C/c2ccc3[nH]ccc3c2)ccc1C. The third kappa shape index (κ3) is 5.90. The van der Waals surface area contributed by atoms with Gasteiger partial charge in [0, 0.05) is 11.7 Å². The molecule has 0 aliphatic rings. The molecule has 6 heteroatoms. The summed E-state index contributed by atoms with van der Waals surface area (Å²) in [5, 5.41) is 13.2. The minimum atomic E-state index is 0.121. The number of aromatic amines is 1. The van der Waals surface area contributed by atoms with Gasteiger partial charge in [0.1, 0.15) is 0 Å². The van der Waals surface area contributed by atoms with Crippen molar-refractivity contribution in [3.05, 3.63) is 77.0 Å². The van der Waals surface area contributed by atoms with Gasteiger partial charge in [-0.2, -0.15) is 10.2 Å². The molecule has 0 aliphatic carbocycles. The molecule has 0 radical (unpaired) electrons. The van der Waals surface area contributed by atoms with Crippen LogP contribution in [-0.4, -0.2) is 23.4 Å². The Morgan fingerprint density at radius 2 is 1.93 bits per heavy atom. The normalized spacial score (nSPS) is 12.7. The van der Waals surface area contributed by atoms with E-state index in [1.807, 2.05) is 36.5 Å². The topological polar surface area (TPSA) is 90.9 Å². The van der Waals surface area contributed by atoms with Gasteiger partial charge in [-0.25, -0.2) is 5.43 Å². The molecule has 0 atom stereocenters. The van der Waals surface area contributed by atoms with Gasteiger partial charge in [0.05, 0.1) is 12.4 Å². The fraction of sp³-hybridized carbons (Fsp3) is 0.174. The molecule has 0 amide bonds. The first-order chi connectivity index (χ1) is 14.2. The number of aryl methyl sites for hydroxylation is 1. The molecule has 1 heterocycles. The molecule has 0 saturated carbocycles. The van der Waals surface area contributed by atoms with Crippen LogP contribution in [0.3, 0.4) is 0 Å². The summed E-state index contributed by atoms with van der Waals surface area (Å²) in [6.07, 6.45) is 11.8. The van der Waals surface area contributed by atoms with Crippen LogP contribution in [0.5, 0.6) is 0 Å². The number of unbranched alkanes of at least 4 members (excludes halogenated alkanes) is 1. The number of allylic oxidation sites excluding steroid dienone is 1. The van der Waals surface area contributed by atoms with Crippen LogP contribution in [0.4, 0.5) is 0 Å². The highest BCUT2D eigenvalue weighted by Gasteiger charge is 1.97. The van der Waals surface area contributed by atoms with Crippen LogP contribution in [0, 0.1) is 6.92 Å². The van der Waals surface area contributed by atoms with Crippen LogP contribution in [0.1, 0.15) is 42.0 Å². The average Bonchev–Trinajstić information content (AvgIpc) is 3.18. The number of hydrogen-bond acceptors (Lipinski definition) is 3. The number of nitrogens with two attached hydrogens (primary N) is 1. The first-order valence-corrected chi connectivity index (χ1v) is 9.65. The van der Waals surface area contributed by atoms with Crippen molar-refractivity contribution in [2.45, 2.75) is 26.7 Å². The molecule has 0 saturated heterocycles. The maximum absolute atomic E-state index is 5.81. The van der Waals surface area contributed by atoms with Crippen LogP contribution in [0.2, 0.25) is 0 Å². The lowest BCUT2D eigenvalue weighted by Crippen LogP contribution is -2.26. The standard InChI is InChI=1S/C23H26N6/c1-3-4-5-6-20-13-18(8-7-17(20)2)15-26-28-23(24)29-27-16-19-9-10-22-21(14-19)11-12-25-22/h5-16,25H,3-4H2,1-2H3,(H3,24,28,29)/b6-5-,26-15+,27-16+. The molecule has 3 aromatic rings. The van der Waals surface area contributed by atoms with E-state index in [2.05, 4.69) is 63.8 Å². The number of H-pyrrole nitrogens is 1. The Balaban J connectivity index is 1.58. The average molecular weight is 387 g/mol. The van der Waals surface area contributed by atoms with Crippen molar-refractivity contribution in [2.24, 2.45) is 21.0 Å². The molecule has 148 valence electrons. The summed E-state index contributed by atoms with van der Waals surface area (Å²) in [6.45, 7) is 4.26. The second-order valence-electron chi connectivity index (χ2n) is 6.73. The highest BCUT2D eigenvalue weighted by molar-refractivity contribution is 5.89. The lowest BCUT2D eigenvalue weighted by atomic mass is 10.0. The summed E-state index contributed by atoms with van der Waals surface area (Å²) in [4.78, 5) is 3.16. The molecule has 0 spiro atoms. The maximum atomic E-state index is 5.81. The van der Waals surface area contributed by atoms with Crippen molar-refractivity contribution in [1.82, 2.24) is 10.4 Å². The predicted octanol–water partition coefficient (Wildman–Crippen LogP) is 4.56. The van der Waals surface area contributed by atoms with Gasteiger partial charge in [-0.05, 0) is 65.3 Å². The molecule has 1 aromatic heterocycles. The van der Waals surface area contributed by atoms with E-state index < -0.39 is 0 Å². The van der Waals surface area contributed by atoms with Crippen LogP contribution >= 0.6 is 0 Å². The van der Waals surface area contributed by atoms with Gasteiger partial charge >= 0.3 is 0 Å². The lowest BCUT2D eigenvalue weighted by molar-refractivity contribution is 0.962. The Kier molecular flexibility index (Phi) is 6.95. The van der Waals surface area contributed by atoms with Crippen molar-refractivity contribution >= 4 is 35.4 Å². The molecular formula is C23H26N6. The smallest absolute Gasteiger partial charge is 0.234 e. The molecule has 0 fully saturated rings.